The lowest BCUT2D eigenvalue weighted by atomic mass is 9.98. The molecular weight excluding hydrogens is 442 g/mol. The summed E-state index contributed by atoms with van der Waals surface area (Å²) in [6.07, 6.45) is -8.05. The van der Waals surface area contributed by atoms with Crippen molar-refractivity contribution < 1.29 is 22.3 Å². The number of ether oxygens (including phenoxy) is 1. The zero-order chi connectivity index (χ0) is 24.1. The van der Waals surface area contributed by atoms with E-state index < -0.39 is 23.3 Å². The Morgan fingerprint density at radius 1 is 0.588 bits per heavy atom. The number of halogens is 4. The summed E-state index contributed by atoms with van der Waals surface area (Å²) in [5.74, 6) is 0. The van der Waals surface area contributed by atoms with Gasteiger partial charge in [0, 0.05) is 17.1 Å². The molecule has 0 fully saturated rings. The van der Waals surface area contributed by atoms with Crippen LogP contribution in [0.2, 0.25) is 0 Å². The number of hydrogen-bond donors (Lipinski definition) is 0. The second kappa shape index (κ2) is 7.99. The maximum absolute atomic E-state index is 14.0. The van der Waals surface area contributed by atoms with E-state index in [1.165, 1.54) is 6.07 Å². The Morgan fingerprint density at radius 3 is 1.65 bits per heavy atom. The number of nitrogens with zero attached hydrogens (tertiary/aromatic N) is 1. The van der Waals surface area contributed by atoms with Crippen LogP contribution >= 0.6 is 0 Å². The third-order valence-corrected chi connectivity index (χ3v) is 6.07. The molecule has 1 aliphatic heterocycles. The number of aryl methyl sites for hydroxylation is 2. The van der Waals surface area contributed by atoms with Gasteiger partial charge in [-0.15, -0.1) is 0 Å². The highest BCUT2D eigenvalue weighted by Crippen LogP contribution is 2.51. The molecule has 1 aliphatic rings. The summed E-state index contributed by atoms with van der Waals surface area (Å²) >= 11 is 0. The summed E-state index contributed by atoms with van der Waals surface area (Å²) < 4.78 is 59.4. The lowest BCUT2D eigenvalue weighted by molar-refractivity contribution is -0.369. The van der Waals surface area contributed by atoms with Crippen LogP contribution in [0.3, 0.4) is 0 Å². The monoisotopic (exact) mass is 463 g/mol. The van der Waals surface area contributed by atoms with Crippen LogP contribution in [0.4, 0.5) is 34.6 Å². The van der Waals surface area contributed by atoms with Crippen LogP contribution in [0.15, 0.2) is 91.0 Å². The Balaban J connectivity index is 1.57. The van der Waals surface area contributed by atoms with Gasteiger partial charge in [-0.2, -0.15) is 17.6 Å². The molecule has 0 spiro atoms. The van der Waals surface area contributed by atoms with E-state index in [-0.39, 0.29) is 0 Å². The van der Waals surface area contributed by atoms with Crippen molar-refractivity contribution in [3.05, 3.63) is 113 Å². The minimum Gasteiger partial charge on any atom is -0.310 e. The molecule has 0 bridgehead atoms. The van der Waals surface area contributed by atoms with Crippen LogP contribution in [0, 0.1) is 13.8 Å². The predicted molar refractivity (Wildman–Crippen MR) is 125 cm³/mol. The molecule has 0 saturated heterocycles. The molecule has 0 aliphatic carbocycles. The lowest BCUT2D eigenvalue weighted by Gasteiger charge is -2.28. The first-order chi connectivity index (χ1) is 16.2. The average molecular weight is 463 g/mol. The maximum Gasteiger partial charge on any atom is 0.388 e. The number of rotatable bonds is 4. The molecule has 34 heavy (non-hydrogen) atoms. The number of fused-ring (bicyclic) bond motifs is 1. The molecule has 0 atom stereocenters. The maximum atomic E-state index is 14.0. The van der Waals surface area contributed by atoms with Crippen molar-refractivity contribution in [2.45, 2.75) is 26.1 Å². The molecule has 0 amide bonds. The Hall–Kier alpha value is -3.64. The van der Waals surface area contributed by atoms with Gasteiger partial charge in [-0.25, -0.2) is 4.74 Å². The Labute approximate surface area is 195 Å². The fourth-order valence-electron chi connectivity index (χ4n) is 4.33. The van der Waals surface area contributed by atoms with E-state index in [4.69, 9.17) is 0 Å². The van der Waals surface area contributed by atoms with Crippen LogP contribution in [-0.4, -0.2) is 0 Å². The highest BCUT2D eigenvalue weighted by molar-refractivity contribution is 5.81. The topological polar surface area (TPSA) is 12.5 Å². The summed E-state index contributed by atoms with van der Waals surface area (Å²) in [4.78, 5) is 2.14. The van der Waals surface area contributed by atoms with Gasteiger partial charge in [0.25, 0.3) is 0 Å². The van der Waals surface area contributed by atoms with Crippen LogP contribution in [-0.2, 0) is 17.0 Å². The van der Waals surface area contributed by atoms with Crippen LogP contribution in [0.1, 0.15) is 22.3 Å². The minimum atomic E-state index is -4.04. The third-order valence-electron chi connectivity index (χ3n) is 6.07. The molecule has 1 heterocycles. The van der Waals surface area contributed by atoms with Gasteiger partial charge in [0.15, 0.2) is 0 Å². The number of para-hydroxylation sites is 2. The van der Waals surface area contributed by atoms with Crippen molar-refractivity contribution >= 4 is 17.1 Å². The molecule has 4 aromatic rings. The fourth-order valence-corrected chi connectivity index (χ4v) is 4.33. The average Bonchev–Trinajstić information content (AvgIpc) is 3.00. The van der Waals surface area contributed by atoms with E-state index in [0.717, 1.165) is 40.3 Å². The summed E-state index contributed by atoms with van der Waals surface area (Å²) in [5.41, 5.74) is 4.53. The quantitative estimate of drug-likeness (QED) is 0.281. The van der Waals surface area contributed by atoms with E-state index in [0.29, 0.717) is 11.1 Å². The lowest BCUT2D eigenvalue weighted by Crippen LogP contribution is -2.17. The largest absolute Gasteiger partial charge is 0.388 e. The van der Waals surface area contributed by atoms with E-state index in [1.807, 2.05) is 74.5 Å². The first kappa shape index (κ1) is 22.2. The molecule has 172 valence electrons. The van der Waals surface area contributed by atoms with E-state index in [2.05, 4.69) is 9.64 Å². The second-order valence-electron chi connectivity index (χ2n) is 8.35. The Kier molecular flexibility index (Phi) is 5.21. The second-order valence-corrected chi connectivity index (χ2v) is 8.35. The summed E-state index contributed by atoms with van der Waals surface area (Å²) in [5, 5.41) is 0. The SMILES string of the molecule is Cc1ccccc1N(c1ccc(-c2ccc3c(c2)C(F)(F)OC3(F)F)cc1)c1ccccc1C. The predicted octanol–water partition coefficient (Wildman–Crippen LogP) is 8.57. The van der Waals surface area contributed by atoms with Crippen molar-refractivity contribution in [1.82, 2.24) is 0 Å². The third kappa shape index (κ3) is 3.74. The first-order valence-corrected chi connectivity index (χ1v) is 10.8. The molecule has 0 aromatic heterocycles. The molecule has 4 aromatic carbocycles. The minimum absolute atomic E-state index is 0.407. The smallest absolute Gasteiger partial charge is 0.310 e. The van der Waals surface area contributed by atoms with Crippen LogP contribution in [0.5, 0.6) is 0 Å². The standard InChI is InChI=1S/C28H21F4NO/c1-18-7-3-5-9-25(18)33(26-10-6-4-8-19(26)2)22-14-11-20(12-15-22)21-13-16-23-24(17-21)28(31,32)34-27(23,29)30/h3-17H,1-2H3. The van der Waals surface area contributed by atoms with Gasteiger partial charge >= 0.3 is 12.2 Å². The van der Waals surface area contributed by atoms with Crippen LogP contribution in [0.25, 0.3) is 11.1 Å². The Bertz CT molecular complexity index is 1320. The number of alkyl halides is 4. The van der Waals surface area contributed by atoms with Crippen molar-refractivity contribution in [2.24, 2.45) is 0 Å². The molecule has 6 heteroatoms. The molecule has 0 N–H and O–H groups in total. The zero-order valence-corrected chi connectivity index (χ0v) is 18.5. The van der Waals surface area contributed by atoms with Crippen molar-refractivity contribution in [1.29, 1.82) is 0 Å². The number of hydrogen-bond acceptors (Lipinski definition) is 2. The molecule has 0 radical (unpaired) electrons. The molecule has 0 saturated carbocycles. The Morgan fingerprint density at radius 2 is 1.09 bits per heavy atom. The molecule has 0 unspecified atom stereocenters. The molecular formula is C28H21F4NO. The van der Waals surface area contributed by atoms with E-state index >= 15 is 0 Å². The van der Waals surface area contributed by atoms with Crippen molar-refractivity contribution in [3.8, 4) is 11.1 Å². The van der Waals surface area contributed by atoms with E-state index in [1.54, 1.807) is 12.1 Å². The van der Waals surface area contributed by atoms with Gasteiger partial charge in [0.1, 0.15) is 0 Å². The zero-order valence-electron chi connectivity index (χ0n) is 18.5. The molecule has 2 nitrogen and oxygen atoms in total. The first-order valence-electron chi connectivity index (χ1n) is 10.8. The van der Waals surface area contributed by atoms with Crippen molar-refractivity contribution in [3.63, 3.8) is 0 Å². The molecule has 5 rings (SSSR count). The summed E-state index contributed by atoms with van der Waals surface area (Å²) in [6, 6.07) is 26.9. The summed E-state index contributed by atoms with van der Waals surface area (Å²) in [7, 11) is 0. The number of anilines is 3. The highest BCUT2D eigenvalue weighted by Gasteiger charge is 2.57. The van der Waals surface area contributed by atoms with Gasteiger partial charge in [0.2, 0.25) is 0 Å². The van der Waals surface area contributed by atoms with Gasteiger partial charge < -0.3 is 4.90 Å². The van der Waals surface area contributed by atoms with Crippen molar-refractivity contribution in [2.75, 3.05) is 4.90 Å². The fraction of sp³-hybridized carbons (Fsp3) is 0.143. The van der Waals surface area contributed by atoms with Crippen LogP contribution < -0.4 is 4.90 Å². The highest BCUT2D eigenvalue weighted by atomic mass is 19.3. The van der Waals surface area contributed by atoms with Gasteiger partial charge in [-0.05, 0) is 72.5 Å². The van der Waals surface area contributed by atoms with Gasteiger partial charge in [0.05, 0.1) is 11.1 Å². The van der Waals surface area contributed by atoms with Gasteiger partial charge in [-0.1, -0.05) is 54.6 Å². The van der Waals surface area contributed by atoms with E-state index in [9.17, 15) is 17.6 Å². The number of benzene rings is 4. The summed E-state index contributed by atoms with van der Waals surface area (Å²) in [6.45, 7) is 4.08. The normalized spacial score (nSPS) is 15.7. The van der Waals surface area contributed by atoms with Gasteiger partial charge in [-0.3, -0.25) is 0 Å².